The molecule has 0 aliphatic carbocycles. The van der Waals surface area contributed by atoms with Crippen molar-refractivity contribution < 1.29 is 13.9 Å². The lowest BCUT2D eigenvalue weighted by atomic mass is 10.1. The topological polar surface area (TPSA) is 39.4 Å². The van der Waals surface area contributed by atoms with Crippen molar-refractivity contribution in [2.45, 2.75) is 33.1 Å². The molecule has 1 aromatic carbocycles. The molecule has 0 bridgehead atoms. The largest absolute Gasteiger partial charge is 0.493 e. The van der Waals surface area contributed by atoms with Gasteiger partial charge in [-0.25, -0.2) is 0 Å². The fraction of sp³-hybridized carbons (Fsp3) is 0.353. The van der Waals surface area contributed by atoms with Gasteiger partial charge in [-0.05, 0) is 36.8 Å². The van der Waals surface area contributed by atoms with Gasteiger partial charge in [0.25, 0.3) is 0 Å². The fourth-order valence-corrected chi connectivity index (χ4v) is 2.20. The van der Waals surface area contributed by atoms with E-state index in [0.29, 0.717) is 23.8 Å². The van der Waals surface area contributed by atoms with Crippen LogP contribution in [0.3, 0.4) is 0 Å². The molecular weight excluding hydrogens is 288 g/mol. The molecule has 0 fully saturated rings. The zero-order valence-corrected chi connectivity index (χ0v) is 13.1. The number of furan rings is 1. The van der Waals surface area contributed by atoms with Gasteiger partial charge in [0.2, 0.25) is 0 Å². The highest BCUT2D eigenvalue weighted by atomic mass is 35.5. The summed E-state index contributed by atoms with van der Waals surface area (Å²) in [6, 6.07) is 9.07. The zero-order chi connectivity index (χ0) is 15.2. The van der Waals surface area contributed by atoms with E-state index in [1.165, 1.54) is 6.92 Å². The van der Waals surface area contributed by atoms with E-state index in [9.17, 15) is 4.79 Å². The molecule has 0 atom stereocenters. The molecule has 0 spiro atoms. The predicted molar refractivity (Wildman–Crippen MR) is 83.4 cm³/mol. The Balaban J connectivity index is 2.16. The summed E-state index contributed by atoms with van der Waals surface area (Å²) in [5.41, 5.74) is 0.961. The Morgan fingerprint density at radius 3 is 2.76 bits per heavy atom. The van der Waals surface area contributed by atoms with Gasteiger partial charge in [-0.1, -0.05) is 24.9 Å². The third-order valence-electron chi connectivity index (χ3n) is 3.15. The molecular formula is C17H19ClO3. The van der Waals surface area contributed by atoms with Gasteiger partial charge in [-0.2, -0.15) is 0 Å². The molecule has 0 unspecified atom stereocenters. The minimum atomic E-state index is -0.0771. The van der Waals surface area contributed by atoms with Crippen LogP contribution in [0, 0.1) is 0 Å². The number of ketones is 1. The van der Waals surface area contributed by atoms with Crippen molar-refractivity contribution in [3.05, 3.63) is 52.4 Å². The van der Waals surface area contributed by atoms with E-state index in [2.05, 4.69) is 6.92 Å². The quantitative estimate of drug-likeness (QED) is 0.539. The van der Waals surface area contributed by atoms with Gasteiger partial charge in [0.05, 0.1) is 6.61 Å². The molecule has 21 heavy (non-hydrogen) atoms. The Morgan fingerprint density at radius 1 is 1.29 bits per heavy atom. The van der Waals surface area contributed by atoms with Crippen LogP contribution in [-0.4, -0.2) is 12.4 Å². The summed E-state index contributed by atoms with van der Waals surface area (Å²) in [7, 11) is 0. The van der Waals surface area contributed by atoms with Crippen molar-refractivity contribution in [2.24, 2.45) is 0 Å². The minimum absolute atomic E-state index is 0.0771. The first-order chi connectivity index (χ1) is 10.1. The Morgan fingerprint density at radius 2 is 2.10 bits per heavy atom. The molecule has 0 aliphatic rings. The number of hydrogen-bond acceptors (Lipinski definition) is 3. The molecule has 0 saturated heterocycles. The molecule has 0 amide bonds. The molecule has 3 nitrogen and oxygen atoms in total. The van der Waals surface area contributed by atoms with Crippen molar-refractivity contribution >= 4 is 17.4 Å². The minimum Gasteiger partial charge on any atom is -0.493 e. The van der Waals surface area contributed by atoms with Gasteiger partial charge in [0.15, 0.2) is 11.5 Å². The second kappa shape index (κ2) is 7.32. The van der Waals surface area contributed by atoms with E-state index in [0.717, 1.165) is 29.9 Å². The lowest BCUT2D eigenvalue weighted by Crippen LogP contribution is -2.00. The third-order valence-corrected chi connectivity index (χ3v) is 3.39. The van der Waals surface area contributed by atoms with Crippen LogP contribution >= 0.6 is 11.6 Å². The smallest absolute Gasteiger partial charge is 0.194 e. The van der Waals surface area contributed by atoms with Crippen LogP contribution in [0.1, 0.15) is 48.6 Å². The van der Waals surface area contributed by atoms with Crippen LogP contribution in [0.15, 0.2) is 34.7 Å². The van der Waals surface area contributed by atoms with Crippen molar-refractivity contribution in [1.82, 2.24) is 0 Å². The third kappa shape index (κ3) is 4.36. The standard InChI is InChI=1S/C17H19ClO3/c1-3-4-9-20-17-7-5-14(18)10-13(17)11-15-6-8-16(21-15)12(2)19/h5-8,10H,3-4,9,11H2,1-2H3. The summed E-state index contributed by atoms with van der Waals surface area (Å²) in [4.78, 5) is 11.3. The van der Waals surface area contributed by atoms with Gasteiger partial charge >= 0.3 is 0 Å². The lowest BCUT2D eigenvalue weighted by Gasteiger charge is -2.11. The Kier molecular flexibility index (Phi) is 5.45. The number of unbranched alkanes of at least 4 members (excludes halogenated alkanes) is 1. The number of carbonyl (C=O) groups is 1. The number of ether oxygens (including phenoxy) is 1. The van der Waals surface area contributed by atoms with Crippen LogP contribution < -0.4 is 4.74 Å². The number of benzene rings is 1. The maximum absolute atomic E-state index is 11.3. The molecule has 1 aromatic heterocycles. The van der Waals surface area contributed by atoms with Crippen LogP contribution in [0.25, 0.3) is 0 Å². The van der Waals surface area contributed by atoms with Crippen molar-refractivity contribution in [3.8, 4) is 5.75 Å². The molecule has 4 heteroatoms. The number of Topliss-reactive ketones (excluding diaryl/α,β-unsaturated/α-hetero) is 1. The SMILES string of the molecule is CCCCOc1ccc(Cl)cc1Cc1ccc(C(C)=O)o1. The molecule has 1 heterocycles. The summed E-state index contributed by atoms with van der Waals surface area (Å²) >= 11 is 6.06. The first-order valence-corrected chi connectivity index (χ1v) is 7.49. The molecule has 2 aromatic rings. The number of halogens is 1. The van der Waals surface area contributed by atoms with E-state index < -0.39 is 0 Å². The van der Waals surface area contributed by atoms with Gasteiger partial charge in [-0.3, -0.25) is 4.79 Å². The normalized spacial score (nSPS) is 10.6. The number of hydrogen-bond donors (Lipinski definition) is 0. The first-order valence-electron chi connectivity index (χ1n) is 7.11. The van der Waals surface area contributed by atoms with Crippen molar-refractivity contribution in [1.29, 1.82) is 0 Å². The second-order valence-corrected chi connectivity index (χ2v) is 5.39. The average Bonchev–Trinajstić information content (AvgIpc) is 2.90. The fourth-order valence-electron chi connectivity index (χ4n) is 2.00. The highest BCUT2D eigenvalue weighted by molar-refractivity contribution is 6.30. The summed E-state index contributed by atoms with van der Waals surface area (Å²) in [5, 5.41) is 0.659. The second-order valence-electron chi connectivity index (χ2n) is 4.95. The zero-order valence-electron chi connectivity index (χ0n) is 12.3. The Bertz CT molecular complexity index is 616. The van der Waals surface area contributed by atoms with Gasteiger partial charge in [-0.15, -0.1) is 0 Å². The molecule has 0 N–H and O–H groups in total. The lowest BCUT2D eigenvalue weighted by molar-refractivity contribution is 0.0985. The molecule has 0 saturated carbocycles. The monoisotopic (exact) mass is 306 g/mol. The highest BCUT2D eigenvalue weighted by Crippen LogP contribution is 2.26. The highest BCUT2D eigenvalue weighted by Gasteiger charge is 2.11. The molecule has 112 valence electrons. The molecule has 2 rings (SSSR count). The van der Waals surface area contributed by atoms with Crippen LogP contribution in [-0.2, 0) is 6.42 Å². The summed E-state index contributed by atoms with van der Waals surface area (Å²) in [6.45, 7) is 4.29. The van der Waals surface area contributed by atoms with E-state index in [1.54, 1.807) is 6.07 Å². The van der Waals surface area contributed by atoms with E-state index >= 15 is 0 Å². The average molecular weight is 307 g/mol. The van der Waals surface area contributed by atoms with Crippen LogP contribution in [0.5, 0.6) is 5.75 Å². The Labute approximate surface area is 129 Å². The van der Waals surface area contributed by atoms with Gasteiger partial charge in [0.1, 0.15) is 11.5 Å². The van der Waals surface area contributed by atoms with E-state index in [1.807, 2.05) is 24.3 Å². The van der Waals surface area contributed by atoms with E-state index in [-0.39, 0.29) is 5.78 Å². The summed E-state index contributed by atoms with van der Waals surface area (Å²) in [6.07, 6.45) is 2.65. The number of carbonyl (C=O) groups excluding carboxylic acids is 1. The summed E-state index contributed by atoms with van der Waals surface area (Å²) < 4.78 is 11.3. The molecule has 0 radical (unpaired) electrons. The first kappa shape index (κ1) is 15.6. The summed E-state index contributed by atoms with van der Waals surface area (Å²) in [5.74, 6) is 1.84. The maximum Gasteiger partial charge on any atom is 0.194 e. The Hall–Kier alpha value is -1.74. The van der Waals surface area contributed by atoms with Crippen molar-refractivity contribution in [3.63, 3.8) is 0 Å². The van der Waals surface area contributed by atoms with Crippen LogP contribution in [0.2, 0.25) is 5.02 Å². The van der Waals surface area contributed by atoms with Crippen LogP contribution in [0.4, 0.5) is 0 Å². The van der Waals surface area contributed by atoms with Gasteiger partial charge < -0.3 is 9.15 Å². The van der Waals surface area contributed by atoms with Crippen molar-refractivity contribution in [2.75, 3.05) is 6.61 Å². The van der Waals surface area contributed by atoms with E-state index in [4.69, 9.17) is 20.8 Å². The van der Waals surface area contributed by atoms with Gasteiger partial charge in [0, 0.05) is 23.9 Å². The predicted octanol–water partition coefficient (Wildman–Crippen LogP) is 4.91. The maximum atomic E-state index is 11.3. The molecule has 0 aliphatic heterocycles. The number of rotatable bonds is 7.